The molecule has 1 fully saturated rings. The predicted molar refractivity (Wildman–Crippen MR) is 78.5 cm³/mol. The summed E-state index contributed by atoms with van der Waals surface area (Å²) in [7, 11) is -1.32. The molecule has 20 heavy (non-hydrogen) atoms. The molecule has 0 aromatic heterocycles. The Labute approximate surface area is 123 Å². The summed E-state index contributed by atoms with van der Waals surface area (Å²) in [5, 5.41) is 3.37. The topological polar surface area (TPSA) is 66.5 Å². The molecule has 1 atom stereocenters. The van der Waals surface area contributed by atoms with Crippen LogP contribution in [0.15, 0.2) is 24.3 Å². The summed E-state index contributed by atoms with van der Waals surface area (Å²) in [6, 6.07) is 6.73. The van der Waals surface area contributed by atoms with Gasteiger partial charge in [-0.3, -0.25) is 0 Å². The number of nitrogens with zero attached hydrogens (tertiary/aromatic N) is 1. The molecule has 0 aliphatic carbocycles. The maximum Gasteiger partial charge on any atom is 0.317 e. The Balaban J connectivity index is 1.89. The van der Waals surface area contributed by atoms with E-state index < -0.39 is 9.84 Å². The third-order valence-electron chi connectivity index (χ3n) is 3.22. The maximum atomic E-state index is 12.0. The zero-order chi connectivity index (χ0) is 14.8. The fraction of sp³-hybridized carbons (Fsp3) is 0.462. The minimum Gasteiger partial charge on any atom is -0.334 e. The maximum absolute atomic E-state index is 12.0. The Bertz CT molecular complexity index is 603. The molecular formula is C13H17ClN2O3S. The second-order valence-electron chi connectivity index (χ2n) is 5.04. The average Bonchev–Trinajstić information content (AvgIpc) is 2.68. The molecular weight excluding hydrogens is 300 g/mol. The van der Waals surface area contributed by atoms with E-state index in [9.17, 15) is 13.2 Å². The van der Waals surface area contributed by atoms with Gasteiger partial charge >= 0.3 is 6.03 Å². The molecule has 0 saturated carbocycles. The average molecular weight is 317 g/mol. The smallest absolute Gasteiger partial charge is 0.317 e. The van der Waals surface area contributed by atoms with Crippen LogP contribution in [0.2, 0.25) is 5.02 Å². The second kappa shape index (κ2) is 6.01. The number of sulfone groups is 1. The normalized spacial score (nSPS) is 20.6. The van der Waals surface area contributed by atoms with Crippen LogP contribution in [0.3, 0.4) is 0 Å². The minimum absolute atomic E-state index is 0.0315. The number of nitrogens with one attached hydrogen (secondary N) is 1. The van der Waals surface area contributed by atoms with Gasteiger partial charge in [0.05, 0.1) is 11.5 Å². The van der Waals surface area contributed by atoms with E-state index in [1.54, 1.807) is 19.2 Å². The largest absolute Gasteiger partial charge is 0.334 e. The van der Waals surface area contributed by atoms with Gasteiger partial charge < -0.3 is 10.2 Å². The van der Waals surface area contributed by atoms with Crippen LogP contribution in [0.25, 0.3) is 0 Å². The summed E-state index contributed by atoms with van der Waals surface area (Å²) in [5.41, 5.74) is 0.925. The summed E-state index contributed by atoms with van der Waals surface area (Å²) >= 11 is 5.89. The van der Waals surface area contributed by atoms with Crippen molar-refractivity contribution in [3.8, 4) is 0 Å². The van der Waals surface area contributed by atoms with Crippen molar-refractivity contribution in [2.45, 2.75) is 19.0 Å². The molecule has 1 aromatic rings. The quantitative estimate of drug-likeness (QED) is 0.922. The SMILES string of the molecule is CN(Cc1cccc(Cl)c1)C(=O)N[C@H]1CCS(=O)(=O)C1. The molecule has 1 aliphatic heterocycles. The summed E-state index contributed by atoms with van der Waals surface area (Å²) in [4.78, 5) is 13.5. The van der Waals surface area contributed by atoms with Crippen molar-refractivity contribution >= 4 is 27.5 Å². The van der Waals surface area contributed by atoms with Crippen molar-refractivity contribution in [1.82, 2.24) is 10.2 Å². The second-order valence-corrected chi connectivity index (χ2v) is 7.70. The molecule has 1 heterocycles. The molecule has 0 unspecified atom stereocenters. The number of rotatable bonds is 3. The Kier molecular flexibility index (Phi) is 4.55. The van der Waals surface area contributed by atoms with Crippen molar-refractivity contribution in [1.29, 1.82) is 0 Å². The first-order valence-corrected chi connectivity index (χ1v) is 8.52. The first-order chi connectivity index (χ1) is 9.35. The molecule has 7 heteroatoms. The van der Waals surface area contributed by atoms with E-state index in [1.165, 1.54) is 4.90 Å². The minimum atomic E-state index is -2.98. The molecule has 0 spiro atoms. The van der Waals surface area contributed by atoms with Crippen LogP contribution >= 0.6 is 11.6 Å². The number of urea groups is 1. The van der Waals surface area contributed by atoms with Crippen LogP contribution in [0, 0.1) is 0 Å². The molecule has 0 bridgehead atoms. The molecule has 110 valence electrons. The van der Waals surface area contributed by atoms with E-state index in [4.69, 9.17) is 11.6 Å². The highest BCUT2D eigenvalue weighted by Crippen LogP contribution is 2.14. The van der Waals surface area contributed by atoms with Gasteiger partial charge in [-0.1, -0.05) is 23.7 Å². The van der Waals surface area contributed by atoms with E-state index in [0.29, 0.717) is 18.0 Å². The van der Waals surface area contributed by atoms with Crippen LogP contribution in [-0.2, 0) is 16.4 Å². The number of carbonyl (C=O) groups excluding carboxylic acids is 1. The van der Waals surface area contributed by atoms with Gasteiger partial charge in [0.2, 0.25) is 0 Å². The summed E-state index contributed by atoms with van der Waals surface area (Å²) < 4.78 is 22.7. The fourth-order valence-electron chi connectivity index (χ4n) is 2.17. The lowest BCUT2D eigenvalue weighted by atomic mass is 10.2. The fourth-order valence-corrected chi connectivity index (χ4v) is 4.06. The summed E-state index contributed by atoms with van der Waals surface area (Å²) in [5.74, 6) is 0.180. The lowest BCUT2D eigenvalue weighted by Gasteiger charge is -2.20. The highest BCUT2D eigenvalue weighted by molar-refractivity contribution is 7.91. The summed E-state index contributed by atoms with van der Waals surface area (Å²) in [6.45, 7) is 0.422. The van der Waals surface area contributed by atoms with Crippen molar-refractivity contribution in [2.75, 3.05) is 18.6 Å². The molecule has 1 N–H and O–H groups in total. The van der Waals surface area contributed by atoms with E-state index in [0.717, 1.165) is 5.56 Å². The van der Waals surface area contributed by atoms with Gasteiger partial charge in [0.1, 0.15) is 0 Å². The van der Waals surface area contributed by atoms with Gasteiger partial charge in [0.15, 0.2) is 9.84 Å². The zero-order valence-electron chi connectivity index (χ0n) is 11.2. The number of hydrogen-bond acceptors (Lipinski definition) is 3. The molecule has 2 amide bonds. The molecule has 5 nitrogen and oxygen atoms in total. The highest BCUT2D eigenvalue weighted by Gasteiger charge is 2.29. The van der Waals surface area contributed by atoms with E-state index in [-0.39, 0.29) is 23.6 Å². The first-order valence-electron chi connectivity index (χ1n) is 6.32. The van der Waals surface area contributed by atoms with Crippen LogP contribution in [0.1, 0.15) is 12.0 Å². The van der Waals surface area contributed by atoms with Gasteiger partial charge in [-0.05, 0) is 24.1 Å². The molecule has 0 radical (unpaired) electrons. The monoisotopic (exact) mass is 316 g/mol. The van der Waals surface area contributed by atoms with Crippen molar-refractivity contribution in [3.05, 3.63) is 34.9 Å². The van der Waals surface area contributed by atoms with Crippen LogP contribution in [0.5, 0.6) is 0 Å². The van der Waals surface area contributed by atoms with Crippen LogP contribution in [0.4, 0.5) is 4.79 Å². The lowest BCUT2D eigenvalue weighted by Crippen LogP contribution is -2.43. The van der Waals surface area contributed by atoms with E-state index in [1.807, 2.05) is 12.1 Å². The van der Waals surface area contributed by atoms with E-state index in [2.05, 4.69) is 5.32 Å². The highest BCUT2D eigenvalue weighted by atomic mass is 35.5. The molecule has 1 aromatic carbocycles. The van der Waals surface area contributed by atoms with Gasteiger partial charge in [0.25, 0.3) is 0 Å². The number of hydrogen-bond donors (Lipinski definition) is 1. The Morgan fingerprint density at radius 3 is 2.85 bits per heavy atom. The van der Waals surface area contributed by atoms with Crippen molar-refractivity contribution in [3.63, 3.8) is 0 Å². The Morgan fingerprint density at radius 1 is 1.50 bits per heavy atom. The molecule has 2 rings (SSSR count). The van der Waals surface area contributed by atoms with Crippen molar-refractivity contribution in [2.24, 2.45) is 0 Å². The van der Waals surface area contributed by atoms with Crippen LogP contribution in [-0.4, -0.2) is 43.9 Å². The lowest BCUT2D eigenvalue weighted by molar-refractivity contribution is 0.203. The van der Waals surface area contributed by atoms with Crippen molar-refractivity contribution < 1.29 is 13.2 Å². The van der Waals surface area contributed by atoms with E-state index >= 15 is 0 Å². The van der Waals surface area contributed by atoms with Gasteiger partial charge in [0, 0.05) is 24.7 Å². The number of amides is 2. The van der Waals surface area contributed by atoms with Gasteiger partial charge in [-0.15, -0.1) is 0 Å². The van der Waals surface area contributed by atoms with Crippen LogP contribution < -0.4 is 5.32 Å². The number of benzene rings is 1. The third-order valence-corrected chi connectivity index (χ3v) is 5.22. The summed E-state index contributed by atoms with van der Waals surface area (Å²) in [6.07, 6.45) is 0.485. The Hall–Kier alpha value is -1.27. The number of carbonyl (C=O) groups is 1. The standard InChI is InChI=1S/C13H17ClN2O3S/c1-16(8-10-3-2-4-11(14)7-10)13(17)15-12-5-6-20(18,19)9-12/h2-4,7,12H,5-6,8-9H2,1H3,(H,15,17)/t12-/m0/s1. The van der Waals surface area contributed by atoms with Gasteiger partial charge in [-0.2, -0.15) is 0 Å². The molecule has 1 saturated heterocycles. The predicted octanol–water partition coefficient (Wildman–Crippen LogP) is 1.67. The zero-order valence-corrected chi connectivity index (χ0v) is 12.7. The Morgan fingerprint density at radius 2 is 2.25 bits per heavy atom. The first kappa shape index (κ1) is 15.1. The number of halogens is 1. The van der Waals surface area contributed by atoms with Gasteiger partial charge in [-0.25, -0.2) is 13.2 Å². The molecule has 1 aliphatic rings. The third kappa shape index (κ3) is 4.11.